The molecule has 33 heavy (non-hydrogen) atoms. The molecule has 1 unspecified atom stereocenters. The molecule has 0 spiro atoms. The van der Waals surface area contributed by atoms with Gasteiger partial charge in [0.1, 0.15) is 24.6 Å². The quantitative estimate of drug-likeness (QED) is 0.281. The maximum absolute atomic E-state index is 12.4. The number of H-pyrrole nitrogens is 1. The molecule has 10 nitrogen and oxygen atoms in total. The number of benzene rings is 1. The molecule has 4 N–H and O–H groups in total. The first-order chi connectivity index (χ1) is 15.7. The van der Waals surface area contributed by atoms with Crippen LogP contribution in [0.1, 0.15) is 46.0 Å². The first-order valence-corrected chi connectivity index (χ1v) is 11.4. The number of β-amino-alcohol motifs (C(OH)–C–C–N with tert-alkyl or cyclic N) is 1. The zero-order valence-corrected chi connectivity index (χ0v) is 19.2. The molecule has 10 heteroatoms. The van der Waals surface area contributed by atoms with E-state index in [1.165, 1.54) is 0 Å². The Morgan fingerprint density at radius 1 is 1.33 bits per heavy atom. The molecule has 1 aliphatic rings. The monoisotopic (exact) mass is 462 g/mol. The van der Waals surface area contributed by atoms with Crippen LogP contribution in [0.5, 0.6) is 5.75 Å². The molecule has 1 fully saturated rings. The van der Waals surface area contributed by atoms with Gasteiger partial charge in [-0.1, -0.05) is 18.9 Å². The SMILES string of the molecule is CC(C)(CNC(=O)C[C@@H]1CCCC[C@H]1O[N+](=O)[O-])NCC(O)COc1cccc2[nH]ccc12. The van der Waals surface area contributed by atoms with Crippen LogP contribution in [0.2, 0.25) is 0 Å². The maximum atomic E-state index is 12.4. The van der Waals surface area contributed by atoms with Crippen molar-refractivity contribution >= 4 is 16.8 Å². The van der Waals surface area contributed by atoms with E-state index < -0.39 is 22.8 Å². The highest BCUT2D eigenvalue weighted by atomic mass is 17.0. The van der Waals surface area contributed by atoms with Gasteiger partial charge in [-0.15, -0.1) is 10.1 Å². The minimum Gasteiger partial charge on any atom is -0.490 e. The van der Waals surface area contributed by atoms with Gasteiger partial charge in [-0.2, -0.15) is 0 Å². The smallest absolute Gasteiger partial charge is 0.294 e. The van der Waals surface area contributed by atoms with Crippen LogP contribution < -0.4 is 15.4 Å². The Morgan fingerprint density at radius 2 is 2.12 bits per heavy atom. The van der Waals surface area contributed by atoms with Crippen LogP contribution in [-0.4, -0.2) is 58.5 Å². The molecule has 1 heterocycles. The number of carbonyl (C=O) groups is 1. The molecular weight excluding hydrogens is 428 g/mol. The normalized spacial score (nSPS) is 19.7. The fourth-order valence-electron chi connectivity index (χ4n) is 4.17. The summed E-state index contributed by atoms with van der Waals surface area (Å²) < 4.78 is 5.79. The summed E-state index contributed by atoms with van der Waals surface area (Å²) in [6.45, 7) is 4.66. The van der Waals surface area contributed by atoms with Gasteiger partial charge in [0.2, 0.25) is 5.91 Å². The molecule has 3 rings (SSSR count). The van der Waals surface area contributed by atoms with Crippen molar-refractivity contribution < 1.29 is 24.6 Å². The summed E-state index contributed by atoms with van der Waals surface area (Å²) in [5.41, 5.74) is 0.516. The second kappa shape index (κ2) is 11.3. The van der Waals surface area contributed by atoms with Crippen LogP contribution in [0.25, 0.3) is 10.9 Å². The topological polar surface area (TPSA) is 139 Å². The van der Waals surface area contributed by atoms with Gasteiger partial charge in [-0.05, 0) is 50.8 Å². The molecule has 1 amide bonds. The first kappa shape index (κ1) is 24.8. The number of fused-ring (bicyclic) bond motifs is 1. The van der Waals surface area contributed by atoms with Gasteiger partial charge in [-0.25, -0.2) is 0 Å². The Bertz CT molecular complexity index is 931. The van der Waals surface area contributed by atoms with E-state index in [1.54, 1.807) is 0 Å². The molecule has 1 aliphatic carbocycles. The Hall–Kier alpha value is -2.85. The summed E-state index contributed by atoms with van der Waals surface area (Å²) in [5.74, 6) is 0.405. The van der Waals surface area contributed by atoms with Gasteiger partial charge >= 0.3 is 0 Å². The second-order valence-corrected chi connectivity index (χ2v) is 9.32. The molecule has 0 radical (unpaired) electrons. The van der Waals surface area contributed by atoms with Crippen molar-refractivity contribution in [3.8, 4) is 5.75 Å². The number of amides is 1. The van der Waals surface area contributed by atoms with Crippen LogP contribution in [0.4, 0.5) is 0 Å². The lowest BCUT2D eigenvalue weighted by Crippen LogP contribution is -2.52. The third-order valence-corrected chi connectivity index (χ3v) is 6.04. The molecular formula is C23H34N4O6. The Kier molecular flexibility index (Phi) is 8.51. The van der Waals surface area contributed by atoms with Crippen molar-refractivity contribution in [3.63, 3.8) is 0 Å². The Balaban J connectivity index is 1.38. The number of aliphatic hydroxyl groups is 1. The van der Waals surface area contributed by atoms with Gasteiger partial charge in [-0.3, -0.25) is 4.79 Å². The van der Waals surface area contributed by atoms with Crippen molar-refractivity contribution in [1.82, 2.24) is 15.6 Å². The van der Waals surface area contributed by atoms with Gasteiger partial charge in [0.25, 0.3) is 5.09 Å². The first-order valence-electron chi connectivity index (χ1n) is 11.4. The lowest BCUT2D eigenvalue weighted by atomic mass is 9.84. The summed E-state index contributed by atoms with van der Waals surface area (Å²) in [5, 5.41) is 27.4. The van der Waals surface area contributed by atoms with Crippen molar-refractivity contribution in [2.45, 2.75) is 63.7 Å². The second-order valence-electron chi connectivity index (χ2n) is 9.32. The van der Waals surface area contributed by atoms with E-state index in [9.17, 15) is 20.0 Å². The number of nitrogens with zero attached hydrogens (tertiary/aromatic N) is 1. The number of nitrogens with one attached hydrogen (secondary N) is 3. The molecule has 3 atom stereocenters. The largest absolute Gasteiger partial charge is 0.490 e. The molecule has 1 aromatic heterocycles. The van der Waals surface area contributed by atoms with E-state index in [2.05, 4.69) is 15.6 Å². The highest BCUT2D eigenvalue weighted by Crippen LogP contribution is 2.29. The fourth-order valence-corrected chi connectivity index (χ4v) is 4.17. The Labute approximate surface area is 193 Å². The number of aliphatic hydroxyl groups excluding tert-OH is 1. The van der Waals surface area contributed by atoms with Crippen LogP contribution in [0, 0.1) is 16.0 Å². The number of aromatic nitrogens is 1. The highest BCUT2D eigenvalue weighted by Gasteiger charge is 2.30. The minimum absolute atomic E-state index is 0.138. The van der Waals surface area contributed by atoms with Gasteiger partial charge in [0.15, 0.2) is 0 Å². The summed E-state index contributed by atoms with van der Waals surface area (Å²) >= 11 is 0. The lowest BCUT2D eigenvalue weighted by Gasteiger charge is -2.31. The van der Waals surface area contributed by atoms with Crippen LogP contribution in [0.15, 0.2) is 30.5 Å². The predicted molar refractivity (Wildman–Crippen MR) is 123 cm³/mol. The lowest BCUT2D eigenvalue weighted by molar-refractivity contribution is -0.771. The number of hydrogen-bond acceptors (Lipinski definition) is 7. The summed E-state index contributed by atoms with van der Waals surface area (Å²) in [7, 11) is 0. The molecule has 0 aliphatic heterocycles. The van der Waals surface area contributed by atoms with Gasteiger partial charge < -0.3 is 30.3 Å². The average Bonchev–Trinajstić information content (AvgIpc) is 3.26. The average molecular weight is 463 g/mol. The van der Waals surface area contributed by atoms with E-state index >= 15 is 0 Å². The number of hydrogen-bond donors (Lipinski definition) is 4. The third kappa shape index (κ3) is 7.61. The van der Waals surface area contributed by atoms with Crippen molar-refractivity contribution in [3.05, 3.63) is 40.6 Å². The number of rotatable bonds is 12. The van der Waals surface area contributed by atoms with E-state index in [0.717, 1.165) is 30.2 Å². The molecule has 182 valence electrons. The summed E-state index contributed by atoms with van der Waals surface area (Å²) in [4.78, 5) is 31.0. The van der Waals surface area contributed by atoms with E-state index in [-0.39, 0.29) is 24.9 Å². The molecule has 2 aromatic rings. The molecule has 0 bridgehead atoms. The fraction of sp³-hybridized carbons (Fsp3) is 0.609. The van der Waals surface area contributed by atoms with E-state index in [0.29, 0.717) is 25.3 Å². The summed E-state index contributed by atoms with van der Waals surface area (Å²) in [6.07, 6.45) is 3.97. The molecule has 1 aromatic carbocycles. The number of carbonyl (C=O) groups excluding carboxylic acids is 1. The predicted octanol–water partition coefficient (Wildman–Crippen LogP) is 2.55. The zero-order chi connectivity index (χ0) is 23.8. The van der Waals surface area contributed by atoms with Crippen molar-refractivity contribution in [2.24, 2.45) is 5.92 Å². The van der Waals surface area contributed by atoms with Crippen molar-refractivity contribution in [1.29, 1.82) is 0 Å². The maximum Gasteiger partial charge on any atom is 0.294 e. The van der Waals surface area contributed by atoms with Crippen LogP contribution in [0.3, 0.4) is 0 Å². The highest BCUT2D eigenvalue weighted by molar-refractivity contribution is 5.85. The Morgan fingerprint density at radius 3 is 2.91 bits per heavy atom. The van der Waals surface area contributed by atoms with Gasteiger partial charge in [0, 0.05) is 42.1 Å². The molecule has 0 saturated heterocycles. The van der Waals surface area contributed by atoms with Crippen LogP contribution >= 0.6 is 0 Å². The summed E-state index contributed by atoms with van der Waals surface area (Å²) in [6, 6.07) is 7.65. The minimum atomic E-state index is -0.762. The number of aromatic amines is 1. The van der Waals surface area contributed by atoms with E-state index in [1.807, 2.05) is 44.3 Å². The molecule has 1 saturated carbocycles. The standard InChI is InChI=1S/C23H34N4O6/c1-23(2,15-25-22(29)12-16-6-3-4-8-20(16)33-27(30)31)26-13-17(28)14-32-21-9-5-7-19-18(21)10-11-24-19/h5,7,9-11,16-17,20,24,26,28H,3-4,6,8,12-15H2,1-2H3,(H,25,29)/t16-,17?,20+/m0/s1. The van der Waals surface area contributed by atoms with Crippen LogP contribution in [-0.2, 0) is 9.63 Å². The zero-order valence-electron chi connectivity index (χ0n) is 19.2. The van der Waals surface area contributed by atoms with E-state index in [4.69, 9.17) is 9.57 Å². The van der Waals surface area contributed by atoms with Gasteiger partial charge in [0.05, 0.1) is 0 Å². The van der Waals surface area contributed by atoms with Crippen molar-refractivity contribution in [2.75, 3.05) is 19.7 Å². The number of ether oxygens (including phenoxy) is 1. The third-order valence-electron chi connectivity index (χ3n) is 6.04.